The highest BCUT2D eigenvalue weighted by atomic mass is 16.3. The molecule has 4 nitrogen and oxygen atoms in total. The first-order valence-corrected chi connectivity index (χ1v) is 6.09. The van der Waals surface area contributed by atoms with Gasteiger partial charge in [0, 0.05) is 12.3 Å². The zero-order chi connectivity index (χ0) is 13.1. The van der Waals surface area contributed by atoms with E-state index in [9.17, 15) is 5.11 Å². The highest BCUT2D eigenvalue weighted by Gasteiger charge is 2.14. The van der Waals surface area contributed by atoms with Gasteiger partial charge >= 0.3 is 0 Å². The Labute approximate surface area is 107 Å². The molecule has 2 aromatic rings. The molecular weight excluding hydrogens is 228 g/mol. The van der Waals surface area contributed by atoms with E-state index in [1.807, 2.05) is 26.0 Å². The van der Waals surface area contributed by atoms with Crippen LogP contribution >= 0.6 is 0 Å². The number of aromatic nitrogens is 2. The van der Waals surface area contributed by atoms with Crippen LogP contribution in [0.4, 0.5) is 0 Å². The van der Waals surface area contributed by atoms with Crippen LogP contribution in [0.3, 0.4) is 0 Å². The monoisotopic (exact) mass is 246 g/mol. The third kappa shape index (κ3) is 2.24. The SMILES string of the molecule is Cc1nn(-c2ccccc2O)c(C)c1CCCO. The third-order valence-corrected chi connectivity index (χ3v) is 3.14. The maximum atomic E-state index is 9.86. The second kappa shape index (κ2) is 5.23. The molecule has 1 aromatic heterocycles. The Hall–Kier alpha value is -1.81. The first-order chi connectivity index (χ1) is 8.65. The molecule has 18 heavy (non-hydrogen) atoms. The predicted octanol–water partition coefficient (Wildman–Crippen LogP) is 2.12. The van der Waals surface area contributed by atoms with Crippen molar-refractivity contribution in [2.75, 3.05) is 6.61 Å². The average molecular weight is 246 g/mol. The van der Waals surface area contributed by atoms with Crippen molar-refractivity contribution in [1.82, 2.24) is 9.78 Å². The van der Waals surface area contributed by atoms with E-state index in [-0.39, 0.29) is 12.4 Å². The van der Waals surface area contributed by atoms with Gasteiger partial charge in [-0.3, -0.25) is 0 Å². The molecule has 0 amide bonds. The summed E-state index contributed by atoms with van der Waals surface area (Å²) < 4.78 is 1.76. The van der Waals surface area contributed by atoms with Gasteiger partial charge in [-0.25, -0.2) is 4.68 Å². The van der Waals surface area contributed by atoms with Crippen molar-refractivity contribution in [3.05, 3.63) is 41.2 Å². The van der Waals surface area contributed by atoms with Gasteiger partial charge in [-0.15, -0.1) is 0 Å². The average Bonchev–Trinajstić information content (AvgIpc) is 2.63. The van der Waals surface area contributed by atoms with Crippen LogP contribution in [0.1, 0.15) is 23.4 Å². The molecule has 0 spiro atoms. The minimum Gasteiger partial charge on any atom is -0.506 e. The molecule has 0 aliphatic heterocycles. The van der Waals surface area contributed by atoms with Crippen LogP contribution in [0.5, 0.6) is 5.75 Å². The normalized spacial score (nSPS) is 10.8. The maximum absolute atomic E-state index is 9.86. The van der Waals surface area contributed by atoms with Gasteiger partial charge in [0.1, 0.15) is 11.4 Å². The Morgan fingerprint density at radius 2 is 1.94 bits per heavy atom. The quantitative estimate of drug-likeness (QED) is 0.868. The zero-order valence-corrected chi connectivity index (χ0v) is 10.7. The molecule has 0 fully saturated rings. The Morgan fingerprint density at radius 3 is 2.61 bits per heavy atom. The summed E-state index contributed by atoms with van der Waals surface area (Å²) in [6, 6.07) is 7.15. The highest BCUT2D eigenvalue weighted by molar-refractivity contribution is 5.47. The van der Waals surface area contributed by atoms with Crippen LogP contribution in [-0.4, -0.2) is 26.6 Å². The summed E-state index contributed by atoms with van der Waals surface area (Å²) in [6.07, 6.45) is 1.54. The molecule has 0 unspecified atom stereocenters. The van der Waals surface area contributed by atoms with Crippen molar-refractivity contribution in [2.24, 2.45) is 0 Å². The Kier molecular flexibility index (Phi) is 3.67. The van der Waals surface area contributed by atoms with Crippen LogP contribution < -0.4 is 0 Å². The first kappa shape index (κ1) is 12.6. The number of aryl methyl sites for hydroxylation is 1. The fourth-order valence-corrected chi connectivity index (χ4v) is 2.17. The summed E-state index contributed by atoms with van der Waals surface area (Å²) in [6.45, 7) is 4.12. The van der Waals surface area contributed by atoms with Gasteiger partial charge in [0.25, 0.3) is 0 Å². The van der Waals surface area contributed by atoms with Gasteiger partial charge in [-0.2, -0.15) is 5.10 Å². The van der Waals surface area contributed by atoms with Crippen molar-refractivity contribution in [1.29, 1.82) is 0 Å². The van der Waals surface area contributed by atoms with Crippen molar-refractivity contribution in [2.45, 2.75) is 26.7 Å². The standard InChI is InChI=1S/C14H18N2O2/c1-10-12(6-5-9-17)11(2)16(15-10)13-7-3-4-8-14(13)18/h3-4,7-8,17-18H,5-6,9H2,1-2H3. The molecule has 96 valence electrons. The lowest BCUT2D eigenvalue weighted by Crippen LogP contribution is -2.00. The summed E-state index contributed by atoms with van der Waals surface area (Å²) in [5.41, 5.74) is 3.80. The zero-order valence-electron chi connectivity index (χ0n) is 10.7. The van der Waals surface area contributed by atoms with Gasteiger partial charge in [0.05, 0.1) is 5.69 Å². The molecule has 0 aliphatic carbocycles. The topological polar surface area (TPSA) is 58.3 Å². The molecule has 0 saturated carbocycles. The van der Waals surface area contributed by atoms with Gasteiger partial charge < -0.3 is 10.2 Å². The van der Waals surface area contributed by atoms with Crippen LogP contribution in [0.15, 0.2) is 24.3 Å². The van der Waals surface area contributed by atoms with Crippen molar-refractivity contribution in [3.8, 4) is 11.4 Å². The van der Waals surface area contributed by atoms with Crippen LogP contribution in [0, 0.1) is 13.8 Å². The molecular formula is C14H18N2O2. The minimum absolute atomic E-state index is 0.181. The number of aliphatic hydroxyl groups is 1. The second-order valence-corrected chi connectivity index (χ2v) is 4.38. The van der Waals surface area contributed by atoms with Crippen LogP contribution in [-0.2, 0) is 6.42 Å². The lowest BCUT2D eigenvalue weighted by atomic mass is 10.1. The van der Waals surface area contributed by atoms with E-state index < -0.39 is 0 Å². The Balaban J connectivity index is 2.44. The summed E-state index contributed by atoms with van der Waals surface area (Å²) in [5, 5.41) is 23.2. The number of aromatic hydroxyl groups is 1. The van der Waals surface area contributed by atoms with E-state index in [4.69, 9.17) is 5.11 Å². The first-order valence-electron chi connectivity index (χ1n) is 6.09. The molecule has 2 rings (SSSR count). The molecule has 1 aromatic carbocycles. The number of hydrogen-bond donors (Lipinski definition) is 2. The van der Waals surface area contributed by atoms with Gasteiger partial charge in [0.15, 0.2) is 0 Å². The van der Waals surface area contributed by atoms with Crippen molar-refractivity contribution < 1.29 is 10.2 Å². The molecule has 0 atom stereocenters. The van der Waals surface area contributed by atoms with Gasteiger partial charge in [0.2, 0.25) is 0 Å². The van der Waals surface area contributed by atoms with Gasteiger partial charge in [-0.05, 0) is 44.4 Å². The molecule has 0 saturated heterocycles. The van der Waals surface area contributed by atoms with Crippen LogP contribution in [0.2, 0.25) is 0 Å². The lowest BCUT2D eigenvalue weighted by Gasteiger charge is -2.07. The number of phenolic OH excluding ortho intramolecular Hbond substituents is 1. The third-order valence-electron chi connectivity index (χ3n) is 3.14. The Morgan fingerprint density at radius 1 is 1.22 bits per heavy atom. The van der Waals surface area contributed by atoms with E-state index in [1.54, 1.807) is 16.8 Å². The Bertz CT molecular complexity index is 547. The summed E-state index contributed by atoms with van der Waals surface area (Å²) >= 11 is 0. The minimum atomic E-state index is 0.181. The number of nitrogens with zero attached hydrogens (tertiary/aromatic N) is 2. The highest BCUT2D eigenvalue weighted by Crippen LogP contribution is 2.25. The largest absolute Gasteiger partial charge is 0.506 e. The number of phenols is 1. The summed E-state index contributed by atoms with van der Waals surface area (Å²) in [4.78, 5) is 0. The van der Waals surface area contributed by atoms with Crippen LogP contribution in [0.25, 0.3) is 5.69 Å². The lowest BCUT2D eigenvalue weighted by molar-refractivity contribution is 0.288. The van der Waals surface area contributed by atoms with Crippen molar-refractivity contribution in [3.63, 3.8) is 0 Å². The van der Waals surface area contributed by atoms with E-state index in [1.165, 1.54) is 0 Å². The molecule has 0 radical (unpaired) electrons. The number of para-hydroxylation sites is 2. The fourth-order valence-electron chi connectivity index (χ4n) is 2.17. The van der Waals surface area contributed by atoms with E-state index >= 15 is 0 Å². The molecule has 0 aliphatic rings. The molecule has 1 heterocycles. The van der Waals surface area contributed by atoms with Crippen molar-refractivity contribution >= 4 is 0 Å². The summed E-state index contributed by atoms with van der Waals surface area (Å²) in [7, 11) is 0. The van der Waals surface area contributed by atoms with E-state index in [2.05, 4.69) is 5.10 Å². The number of rotatable bonds is 4. The second-order valence-electron chi connectivity index (χ2n) is 4.38. The number of aliphatic hydroxyl groups excluding tert-OH is 1. The van der Waals surface area contributed by atoms with E-state index in [0.29, 0.717) is 5.69 Å². The molecule has 2 N–H and O–H groups in total. The number of hydrogen-bond acceptors (Lipinski definition) is 3. The predicted molar refractivity (Wildman–Crippen MR) is 70.1 cm³/mol. The molecule has 0 bridgehead atoms. The van der Waals surface area contributed by atoms with E-state index in [0.717, 1.165) is 29.8 Å². The maximum Gasteiger partial charge on any atom is 0.141 e. The molecule has 4 heteroatoms. The summed E-state index contributed by atoms with van der Waals surface area (Å²) in [5.74, 6) is 0.219. The number of benzene rings is 1. The fraction of sp³-hybridized carbons (Fsp3) is 0.357. The smallest absolute Gasteiger partial charge is 0.141 e. The van der Waals surface area contributed by atoms with Gasteiger partial charge in [-0.1, -0.05) is 12.1 Å².